The Labute approximate surface area is 123 Å². The third-order valence-electron chi connectivity index (χ3n) is 2.75. The molecule has 0 aliphatic rings. The predicted molar refractivity (Wildman–Crippen MR) is 87.0 cm³/mol. The van der Waals surface area contributed by atoms with Crippen molar-refractivity contribution in [2.75, 3.05) is 5.32 Å². The second-order valence-electron chi connectivity index (χ2n) is 4.29. The maximum absolute atomic E-state index is 5.21. The maximum Gasteiger partial charge on any atom is 0.191 e. The molecule has 0 saturated heterocycles. The minimum Gasteiger partial charge on any atom is -0.331 e. The highest BCUT2D eigenvalue weighted by Crippen LogP contribution is 2.12. The highest BCUT2D eigenvalue weighted by molar-refractivity contribution is 7.80. The number of thiocarbonyl (C=S) groups is 1. The lowest BCUT2D eigenvalue weighted by Gasteiger charge is -2.10. The van der Waals surface area contributed by atoms with E-state index in [1.165, 1.54) is 0 Å². The Hall–Kier alpha value is -2.27. The van der Waals surface area contributed by atoms with Crippen LogP contribution in [0.15, 0.2) is 53.8 Å². The number of para-hydroxylation sites is 1. The predicted octanol–water partition coefficient (Wildman–Crippen LogP) is 3.10. The van der Waals surface area contributed by atoms with Crippen molar-refractivity contribution in [1.82, 2.24) is 10.4 Å². The number of hydrogen-bond acceptors (Lipinski definition) is 3. The second kappa shape index (κ2) is 6.77. The van der Waals surface area contributed by atoms with Crippen LogP contribution in [0, 0.1) is 6.92 Å². The molecule has 2 aromatic rings. The van der Waals surface area contributed by atoms with E-state index < -0.39 is 0 Å². The molecule has 1 aromatic carbocycles. The van der Waals surface area contributed by atoms with Gasteiger partial charge in [0, 0.05) is 11.9 Å². The molecule has 5 heteroatoms. The zero-order valence-electron chi connectivity index (χ0n) is 11.4. The summed E-state index contributed by atoms with van der Waals surface area (Å²) in [5.41, 5.74) is 6.52. The van der Waals surface area contributed by atoms with Crippen molar-refractivity contribution < 1.29 is 0 Å². The minimum absolute atomic E-state index is 0.453. The van der Waals surface area contributed by atoms with Crippen LogP contribution in [0.2, 0.25) is 0 Å². The van der Waals surface area contributed by atoms with Gasteiger partial charge in [-0.3, -0.25) is 10.4 Å². The molecule has 102 valence electrons. The van der Waals surface area contributed by atoms with Crippen LogP contribution in [0.4, 0.5) is 5.69 Å². The molecule has 0 aliphatic heterocycles. The van der Waals surface area contributed by atoms with Gasteiger partial charge in [-0.2, -0.15) is 5.10 Å². The standard InChI is InChI=1S/C15H16N4S/c1-11-7-3-4-8-13(11)17-15(20)19-18-12(2)14-9-5-6-10-16-14/h3-10H,1-2H3,(H2,17,19,20)/b18-12-. The number of aryl methyl sites for hydroxylation is 1. The van der Waals surface area contributed by atoms with Gasteiger partial charge in [-0.25, -0.2) is 0 Å². The van der Waals surface area contributed by atoms with Gasteiger partial charge < -0.3 is 5.32 Å². The van der Waals surface area contributed by atoms with Crippen LogP contribution < -0.4 is 10.7 Å². The molecule has 0 aliphatic carbocycles. The zero-order valence-corrected chi connectivity index (χ0v) is 12.2. The summed E-state index contributed by atoms with van der Waals surface area (Å²) in [4.78, 5) is 4.22. The number of aromatic nitrogens is 1. The lowest BCUT2D eigenvalue weighted by Crippen LogP contribution is -2.25. The lowest BCUT2D eigenvalue weighted by atomic mass is 10.2. The van der Waals surface area contributed by atoms with E-state index >= 15 is 0 Å². The topological polar surface area (TPSA) is 49.3 Å². The molecule has 2 N–H and O–H groups in total. The maximum atomic E-state index is 5.21. The Morgan fingerprint density at radius 3 is 2.60 bits per heavy atom. The summed E-state index contributed by atoms with van der Waals surface area (Å²) < 4.78 is 0. The van der Waals surface area contributed by atoms with Gasteiger partial charge in [0.1, 0.15) is 0 Å². The fraction of sp³-hybridized carbons (Fsp3) is 0.133. The Balaban J connectivity index is 1.97. The van der Waals surface area contributed by atoms with Gasteiger partial charge in [-0.15, -0.1) is 0 Å². The average molecular weight is 284 g/mol. The van der Waals surface area contributed by atoms with E-state index in [9.17, 15) is 0 Å². The van der Waals surface area contributed by atoms with Crippen LogP contribution >= 0.6 is 12.2 Å². The first-order chi connectivity index (χ1) is 9.66. The van der Waals surface area contributed by atoms with Gasteiger partial charge in [-0.1, -0.05) is 24.3 Å². The van der Waals surface area contributed by atoms with Crippen molar-refractivity contribution >= 4 is 28.7 Å². The molecule has 0 radical (unpaired) electrons. The van der Waals surface area contributed by atoms with Gasteiger partial charge in [0.15, 0.2) is 5.11 Å². The van der Waals surface area contributed by atoms with Gasteiger partial charge in [0.2, 0.25) is 0 Å². The highest BCUT2D eigenvalue weighted by Gasteiger charge is 2.01. The Kier molecular flexibility index (Phi) is 4.79. The summed E-state index contributed by atoms with van der Waals surface area (Å²) in [6.07, 6.45) is 1.73. The molecule has 0 unspecified atom stereocenters. The first-order valence-electron chi connectivity index (χ1n) is 6.25. The molecule has 0 spiro atoms. The third-order valence-corrected chi connectivity index (χ3v) is 2.95. The molecular formula is C15H16N4S. The number of rotatable bonds is 3. The number of hydrogen-bond donors (Lipinski definition) is 2. The van der Waals surface area contributed by atoms with E-state index in [0.29, 0.717) is 5.11 Å². The number of hydrazone groups is 1. The summed E-state index contributed by atoms with van der Waals surface area (Å²) in [5, 5.41) is 7.78. The Bertz CT molecular complexity index is 623. The average Bonchev–Trinajstić information content (AvgIpc) is 2.48. The molecular weight excluding hydrogens is 268 g/mol. The number of benzene rings is 1. The summed E-state index contributed by atoms with van der Waals surface area (Å²) in [7, 11) is 0. The highest BCUT2D eigenvalue weighted by atomic mass is 32.1. The molecule has 0 fully saturated rings. The first kappa shape index (κ1) is 14.1. The third kappa shape index (κ3) is 3.86. The Morgan fingerprint density at radius 1 is 1.15 bits per heavy atom. The molecule has 2 rings (SSSR count). The fourth-order valence-corrected chi connectivity index (χ4v) is 1.79. The monoisotopic (exact) mass is 284 g/mol. The molecule has 1 heterocycles. The fourth-order valence-electron chi connectivity index (χ4n) is 1.63. The van der Waals surface area contributed by atoms with Gasteiger partial charge in [0.25, 0.3) is 0 Å². The molecule has 4 nitrogen and oxygen atoms in total. The van der Waals surface area contributed by atoms with Gasteiger partial charge in [0.05, 0.1) is 11.4 Å². The molecule has 0 bridgehead atoms. The summed E-state index contributed by atoms with van der Waals surface area (Å²) >= 11 is 5.21. The van der Waals surface area contributed by atoms with Crippen LogP contribution in [0.3, 0.4) is 0 Å². The van der Waals surface area contributed by atoms with E-state index in [4.69, 9.17) is 12.2 Å². The van der Waals surface area contributed by atoms with E-state index in [-0.39, 0.29) is 0 Å². The van der Waals surface area contributed by atoms with E-state index in [1.54, 1.807) is 6.20 Å². The van der Waals surface area contributed by atoms with Crippen molar-refractivity contribution in [2.24, 2.45) is 5.10 Å². The molecule has 0 saturated carbocycles. The van der Waals surface area contributed by atoms with Crippen molar-refractivity contribution in [1.29, 1.82) is 0 Å². The van der Waals surface area contributed by atoms with Crippen LogP contribution in [0.1, 0.15) is 18.2 Å². The summed E-state index contributed by atoms with van der Waals surface area (Å²) in [5.74, 6) is 0. The molecule has 0 amide bonds. The van der Waals surface area contributed by atoms with Crippen molar-refractivity contribution in [3.05, 3.63) is 59.9 Å². The normalized spacial score (nSPS) is 11.0. The molecule has 1 aromatic heterocycles. The number of nitrogens with one attached hydrogen (secondary N) is 2. The smallest absolute Gasteiger partial charge is 0.191 e. The van der Waals surface area contributed by atoms with Crippen LogP contribution in [-0.4, -0.2) is 15.8 Å². The number of pyridine rings is 1. The van der Waals surface area contributed by atoms with Crippen molar-refractivity contribution in [2.45, 2.75) is 13.8 Å². The van der Waals surface area contributed by atoms with E-state index in [1.807, 2.05) is 56.3 Å². The van der Waals surface area contributed by atoms with Crippen molar-refractivity contribution in [3.8, 4) is 0 Å². The Morgan fingerprint density at radius 2 is 1.90 bits per heavy atom. The van der Waals surface area contributed by atoms with Gasteiger partial charge in [-0.05, 0) is 49.8 Å². The zero-order chi connectivity index (χ0) is 14.4. The quantitative estimate of drug-likeness (QED) is 0.516. The van der Waals surface area contributed by atoms with Crippen LogP contribution in [0.25, 0.3) is 0 Å². The number of anilines is 1. The van der Waals surface area contributed by atoms with Crippen LogP contribution in [0.5, 0.6) is 0 Å². The number of nitrogens with zero attached hydrogens (tertiary/aromatic N) is 2. The van der Waals surface area contributed by atoms with Crippen LogP contribution in [-0.2, 0) is 0 Å². The summed E-state index contributed by atoms with van der Waals surface area (Å²) in [6.45, 7) is 3.90. The van der Waals surface area contributed by atoms with Crippen molar-refractivity contribution in [3.63, 3.8) is 0 Å². The van der Waals surface area contributed by atoms with Gasteiger partial charge >= 0.3 is 0 Å². The largest absolute Gasteiger partial charge is 0.331 e. The SMILES string of the molecule is C/C(=N/NC(=S)Nc1ccccc1C)c1ccccn1. The van der Waals surface area contributed by atoms with E-state index in [2.05, 4.69) is 20.8 Å². The summed E-state index contributed by atoms with van der Waals surface area (Å²) in [6, 6.07) is 13.6. The lowest BCUT2D eigenvalue weighted by molar-refractivity contribution is 1.03. The minimum atomic E-state index is 0.453. The molecule has 0 atom stereocenters. The molecule has 20 heavy (non-hydrogen) atoms. The first-order valence-corrected chi connectivity index (χ1v) is 6.66. The van der Waals surface area contributed by atoms with E-state index in [0.717, 1.165) is 22.7 Å². The second-order valence-corrected chi connectivity index (χ2v) is 4.70.